The van der Waals surface area contributed by atoms with Crippen molar-refractivity contribution >= 4 is 23.7 Å². The molecule has 25 heavy (non-hydrogen) atoms. The lowest BCUT2D eigenvalue weighted by Crippen LogP contribution is -2.55. The number of nitrogens with zero attached hydrogens (tertiary/aromatic N) is 4. The molecule has 0 spiro atoms. The zero-order chi connectivity index (χ0) is 17.8. The SMILES string of the molecule is N#Cc1ccc(N2CCN(C(=O)C3CCC(=O)NC(=O)N3)CC2)nc1. The predicted molar refractivity (Wildman–Crippen MR) is 87.4 cm³/mol. The van der Waals surface area contributed by atoms with Crippen molar-refractivity contribution in [3.8, 4) is 6.07 Å². The lowest BCUT2D eigenvalue weighted by molar-refractivity contribution is -0.133. The van der Waals surface area contributed by atoms with Crippen molar-refractivity contribution in [2.75, 3.05) is 31.1 Å². The Balaban J connectivity index is 1.57. The van der Waals surface area contributed by atoms with Crippen LogP contribution in [-0.2, 0) is 9.59 Å². The van der Waals surface area contributed by atoms with Crippen LogP contribution in [0.4, 0.5) is 10.6 Å². The normalized spacial score (nSPS) is 21.0. The van der Waals surface area contributed by atoms with Gasteiger partial charge in [0, 0.05) is 38.8 Å². The Morgan fingerprint density at radius 3 is 2.64 bits per heavy atom. The number of rotatable bonds is 2. The fraction of sp³-hybridized carbons (Fsp3) is 0.438. The Kier molecular flexibility index (Phi) is 4.79. The maximum absolute atomic E-state index is 12.6. The van der Waals surface area contributed by atoms with Crippen LogP contribution < -0.4 is 15.5 Å². The number of anilines is 1. The van der Waals surface area contributed by atoms with E-state index in [1.54, 1.807) is 17.0 Å². The number of piperazine rings is 1. The second-order valence-corrected chi connectivity index (χ2v) is 5.94. The summed E-state index contributed by atoms with van der Waals surface area (Å²) in [5.74, 6) is 0.227. The number of aromatic nitrogens is 1. The minimum atomic E-state index is -0.675. The van der Waals surface area contributed by atoms with E-state index in [2.05, 4.69) is 15.6 Å². The van der Waals surface area contributed by atoms with Crippen molar-refractivity contribution in [1.82, 2.24) is 20.5 Å². The molecule has 9 nitrogen and oxygen atoms in total. The average molecular weight is 342 g/mol. The molecule has 130 valence electrons. The molecule has 9 heteroatoms. The van der Waals surface area contributed by atoms with E-state index in [0.717, 1.165) is 5.82 Å². The number of nitriles is 1. The van der Waals surface area contributed by atoms with Gasteiger partial charge in [0.15, 0.2) is 0 Å². The highest BCUT2D eigenvalue weighted by Crippen LogP contribution is 2.15. The number of imide groups is 1. The Morgan fingerprint density at radius 2 is 2.00 bits per heavy atom. The largest absolute Gasteiger partial charge is 0.353 e. The minimum Gasteiger partial charge on any atom is -0.353 e. The van der Waals surface area contributed by atoms with Gasteiger partial charge < -0.3 is 15.1 Å². The number of carbonyl (C=O) groups excluding carboxylic acids is 3. The van der Waals surface area contributed by atoms with Crippen molar-refractivity contribution in [2.24, 2.45) is 0 Å². The van der Waals surface area contributed by atoms with Crippen LogP contribution in [0, 0.1) is 11.3 Å². The number of carbonyl (C=O) groups is 3. The molecular formula is C16H18N6O3. The first kappa shape index (κ1) is 16.7. The van der Waals surface area contributed by atoms with Gasteiger partial charge in [-0.3, -0.25) is 14.9 Å². The molecule has 0 aliphatic carbocycles. The molecule has 1 aromatic rings. The Morgan fingerprint density at radius 1 is 1.24 bits per heavy atom. The van der Waals surface area contributed by atoms with E-state index >= 15 is 0 Å². The second-order valence-electron chi connectivity index (χ2n) is 5.94. The zero-order valence-electron chi connectivity index (χ0n) is 13.6. The molecule has 3 rings (SSSR count). The van der Waals surface area contributed by atoms with Gasteiger partial charge in [0.25, 0.3) is 0 Å². The van der Waals surface area contributed by atoms with Crippen LogP contribution in [0.25, 0.3) is 0 Å². The van der Waals surface area contributed by atoms with Gasteiger partial charge in [0.05, 0.1) is 5.56 Å². The molecule has 0 saturated carbocycles. The van der Waals surface area contributed by atoms with Gasteiger partial charge in [0.1, 0.15) is 17.9 Å². The number of hydrogen-bond donors (Lipinski definition) is 2. The molecule has 2 fully saturated rings. The molecule has 1 aromatic heterocycles. The maximum Gasteiger partial charge on any atom is 0.322 e. The molecule has 2 N–H and O–H groups in total. The van der Waals surface area contributed by atoms with E-state index in [9.17, 15) is 14.4 Å². The molecule has 3 heterocycles. The zero-order valence-corrected chi connectivity index (χ0v) is 13.6. The number of pyridine rings is 1. The van der Waals surface area contributed by atoms with Crippen LogP contribution in [0.2, 0.25) is 0 Å². The average Bonchev–Trinajstić information content (AvgIpc) is 2.81. The fourth-order valence-electron chi connectivity index (χ4n) is 2.93. The van der Waals surface area contributed by atoms with E-state index in [4.69, 9.17) is 5.26 Å². The van der Waals surface area contributed by atoms with E-state index in [-0.39, 0.29) is 18.2 Å². The molecule has 2 aliphatic rings. The first-order chi connectivity index (χ1) is 12.1. The third kappa shape index (κ3) is 3.85. The summed E-state index contributed by atoms with van der Waals surface area (Å²) in [5.41, 5.74) is 0.504. The summed E-state index contributed by atoms with van der Waals surface area (Å²) in [6.07, 6.45) is 1.97. The number of nitrogens with one attached hydrogen (secondary N) is 2. The van der Waals surface area contributed by atoms with Crippen molar-refractivity contribution in [2.45, 2.75) is 18.9 Å². The molecular weight excluding hydrogens is 324 g/mol. The van der Waals surface area contributed by atoms with Gasteiger partial charge in [-0.05, 0) is 18.6 Å². The predicted octanol–water partition coefficient (Wildman–Crippen LogP) is -0.410. The topological polar surface area (TPSA) is 118 Å². The van der Waals surface area contributed by atoms with Crippen LogP contribution in [0.5, 0.6) is 0 Å². The van der Waals surface area contributed by atoms with E-state index in [1.165, 1.54) is 6.20 Å². The van der Waals surface area contributed by atoms with E-state index < -0.39 is 12.1 Å². The molecule has 0 radical (unpaired) electrons. The summed E-state index contributed by atoms with van der Waals surface area (Å²) in [6, 6.07) is 4.23. The van der Waals surface area contributed by atoms with Gasteiger partial charge in [-0.15, -0.1) is 0 Å². The van der Waals surface area contributed by atoms with Gasteiger partial charge >= 0.3 is 6.03 Å². The summed E-state index contributed by atoms with van der Waals surface area (Å²) in [6.45, 7) is 2.24. The summed E-state index contributed by atoms with van der Waals surface area (Å²) in [7, 11) is 0. The Labute approximate surface area is 144 Å². The van der Waals surface area contributed by atoms with E-state index in [1.807, 2.05) is 11.0 Å². The molecule has 1 atom stereocenters. The highest BCUT2D eigenvalue weighted by atomic mass is 16.2. The summed E-state index contributed by atoms with van der Waals surface area (Å²) < 4.78 is 0. The number of urea groups is 1. The molecule has 4 amide bonds. The smallest absolute Gasteiger partial charge is 0.322 e. The van der Waals surface area contributed by atoms with Gasteiger partial charge in [-0.1, -0.05) is 0 Å². The third-order valence-electron chi connectivity index (χ3n) is 4.31. The van der Waals surface area contributed by atoms with E-state index in [0.29, 0.717) is 38.2 Å². The van der Waals surface area contributed by atoms with Crippen molar-refractivity contribution in [3.63, 3.8) is 0 Å². The van der Waals surface area contributed by atoms with Crippen LogP contribution >= 0.6 is 0 Å². The summed E-state index contributed by atoms with van der Waals surface area (Å²) >= 11 is 0. The maximum atomic E-state index is 12.6. The van der Waals surface area contributed by atoms with Crippen LogP contribution in [0.3, 0.4) is 0 Å². The fourth-order valence-corrected chi connectivity index (χ4v) is 2.93. The minimum absolute atomic E-state index is 0.143. The Hall–Kier alpha value is -3.15. The highest BCUT2D eigenvalue weighted by molar-refractivity contribution is 5.98. The molecule has 0 bridgehead atoms. The van der Waals surface area contributed by atoms with Crippen LogP contribution in [-0.4, -0.2) is 60.0 Å². The lowest BCUT2D eigenvalue weighted by atomic mass is 10.1. The van der Waals surface area contributed by atoms with Crippen LogP contribution in [0.1, 0.15) is 18.4 Å². The molecule has 1 unspecified atom stereocenters. The first-order valence-corrected chi connectivity index (χ1v) is 8.07. The molecule has 2 aliphatic heterocycles. The lowest BCUT2D eigenvalue weighted by Gasteiger charge is -2.36. The first-order valence-electron chi connectivity index (χ1n) is 8.07. The second kappa shape index (κ2) is 7.17. The van der Waals surface area contributed by atoms with Crippen molar-refractivity contribution in [1.29, 1.82) is 5.26 Å². The molecule has 2 saturated heterocycles. The molecule has 0 aromatic carbocycles. The van der Waals surface area contributed by atoms with Crippen LogP contribution in [0.15, 0.2) is 18.3 Å². The van der Waals surface area contributed by atoms with Gasteiger partial charge in [-0.25, -0.2) is 9.78 Å². The quantitative estimate of drug-likeness (QED) is 0.754. The standard InChI is InChI=1S/C16H18N6O3/c17-9-11-1-3-13(18-10-11)21-5-7-22(8-6-21)15(24)12-2-4-14(23)20-16(25)19-12/h1,3,10,12H,2,4-8H2,(H2,19,20,23,25). The van der Waals surface area contributed by atoms with Gasteiger partial charge in [-0.2, -0.15) is 5.26 Å². The summed E-state index contributed by atoms with van der Waals surface area (Å²) in [5, 5.41) is 13.5. The highest BCUT2D eigenvalue weighted by Gasteiger charge is 2.31. The summed E-state index contributed by atoms with van der Waals surface area (Å²) in [4.78, 5) is 43.5. The monoisotopic (exact) mass is 342 g/mol. The van der Waals surface area contributed by atoms with Crippen molar-refractivity contribution < 1.29 is 14.4 Å². The third-order valence-corrected chi connectivity index (χ3v) is 4.31. The van der Waals surface area contributed by atoms with Gasteiger partial charge in [0.2, 0.25) is 11.8 Å². The van der Waals surface area contributed by atoms with Crippen molar-refractivity contribution in [3.05, 3.63) is 23.9 Å². The Bertz CT molecular complexity index is 718. The number of amides is 4. The number of hydrogen-bond acceptors (Lipinski definition) is 6.